The van der Waals surface area contributed by atoms with Gasteiger partial charge in [-0.05, 0) is 50.2 Å². The molecule has 2 rings (SSSR count). The maximum atomic E-state index is 12.9. The van der Waals surface area contributed by atoms with Crippen molar-refractivity contribution in [3.8, 4) is 11.5 Å². The highest BCUT2D eigenvalue weighted by atomic mass is 19.1. The molecule has 0 bridgehead atoms. The summed E-state index contributed by atoms with van der Waals surface area (Å²) in [6.07, 6.45) is 0. The number of hydrogen-bond acceptors (Lipinski definition) is 4. The van der Waals surface area contributed by atoms with Crippen LogP contribution in [0.5, 0.6) is 11.5 Å². The fraction of sp³-hybridized carbons (Fsp3) is 0.278. The molecule has 0 unspecified atom stereocenters. The molecule has 0 spiro atoms. The first kappa shape index (κ1) is 17.6. The van der Waals surface area contributed by atoms with E-state index in [-0.39, 0.29) is 11.7 Å². The van der Waals surface area contributed by atoms with Gasteiger partial charge >= 0.3 is 0 Å². The second kappa shape index (κ2) is 8.19. The van der Waals surface area contributed by atoms with E-state index in [1.807, 2.05) is 13.0 Å². The van der Waals surface area contributed by atoms with E-state index in [1.165, 1.54) is 24.3 Å². The number of ether oxygens (including phenoxy) is 2. The van der Waals surface area contributed by atoms with Crippen LogP contribution < -0.4 is 20.1 Å². The maximum Gasteiger partial charge on any atom is 0.246 e. The van der Waals surface area contributed by atoms with Gasteiger partial charge in [0.15, 0.2) is 11.5 Å². The minimum absolute atomic E-state index is 0.227. The fourth-order valence-electron chi connectivity index (χ4n) is 2.13. The summed E-state index contributed by atoms with van der Waals surface area (Å²) >= 11 is 0. The first-order chi connectivity index (χ1) is 11.5. The Morgan fingerprint density at radius 3 is 2.42 bits per heavy atom. The molecule has 0 aliphatic carbocycles. The molecule has 0 saturated carbocycles. The number of hydrogen-bond donors (Lipinski definition) is 2. The van der Waals surface area contributed by atoms with Gasteiger partial charge in [-0.2, -0.15) is 0 Å². The SMILES string of the molecule is CCOc1ccc(N[C@H](C)C(=O)Nc2ccc(F)cc2)cc1OC. The van der Waals surface area contributed by atoms with Crippen LogP contribution in [0.25, 0.3) is 0 Å². The molecule has 128 valence electrons. The quantitative estimate of drug-likeness (QED) is 0.812. The normalized spacial score (nSPS) is 11.5. The molecule has 1 atom stereocenters. The van der Waals surface area contributed by atoms with Gasteiger partial charge in [0.2, 0.25) is 5.91 Å². The van der Waals surface area contributed by atoms with E-state index >= 15 is 0 Å². The largest absolute Gasteiger partial charge is 0.493 e. The lowest BCUT2D eigenvalue weighted by Crippen LogP contribution is -2.31. The summed E-state index contributed by atoms with van der Waals surface area (Å²) in [6.45, 7) is 4.18. The van der Waals surface area contributed by atoms with Crippen molar-refractivity contribution in [2.75, 3.05) is 24.4 Å². The van der Waals surface area contributed by atoms with E-state index in [4.69, 9.17) is 9.47 Å². The number of amides is 1. The molecule has 1 amide bonds. The molecule has 0 saturated heterocycles. The number of carbonyl (C=O) groups is 1. The molecule has 5 nitrogen and oxygen atoms in total. The van der Waals surface area contributed by atoms with Gasteiger partial charge in [-0.25, -0.2) is 4.39 Å². The Balaban J connectivity index is 2.01. The number of carbonyl (C=O) groups excluding carboxylic acids is 1. The molecule has 2 N–H and O–H groups in total. The Hall–Kier alpha value is -2.76. The molecule has 0 aliphatic heterocycles. The van der Waals surface area contributed by atoms with Crippen LogP contribution >= 0.6 is 0 Å². The Bertz CT molecular complexity index is 689. The molecule has 24 heavy (non-hydrogen) atoms. The van der Waals surface area contributed by atoms with Gasteiger partial charge < -0.3 is 20.1 Å². The number of benzene rings is 2. The van der Waals surface area contributed by atoms with Crippen molar-refractivity contribution >= 4 is 17.3 Å². The van der Waals surface area contributed by atoms with E-state index in [0.717, 1.165) is 5.69 Å². The first-order valence-electron chi connectivity index (χ1n) is 7.67. The summed E-state index contributed by atoms with van der Waals surface area (Å²) in [4.78, 5) is 12.2. The van der Waals surface area contributed by atoms with Gasteiger partial charge in [-0.15, -0.1) is 0 Å². The van der Waals surface area contributed by atoms with Crippen molar-refractivity contribution in [1.29, 1.82) is 0 Å². The summed E-state index contributed by atoms with van der Waals surface area (Å²) in [7, 11) is 1.56. The lowest BCUT2D eigenvalue weighted by molar-refractivity contribution is -0.116. The number of methoxy groups -OCH3 is 1. The van der Waals surface area contributed by atoms with Gasteiger partial charge in [0, 0.05) is 17.4 Å². The summed E-state index contributed by atoms with van der Waals surface area (Å²) < 4.78 is 23.6. The van der Waals surface area contributed by atoms with E-state index in [1.54, 1.807) is 26.2 Å². The molecule has 6 heteroatoms. The number of nitrogens with one attached hydrogen (secondary N) is 2. The van der Waals surface area contributed by atoms with Crippen molar-refractivity contribution < 1.29 is 18.7 Å². The van der Waals surface area contributed by atoms with Crippen LogP contribution in [0, 0.1) is 5.82 Å². The van der Waals surface area contributed by atoms with Crippen LogP contribution in [-0.2, 0) is 4.79 Å². The molecular formula is C18H21FN2O3. The molecular weight excluding hydrogens is 311 g/mol. The highest BCUT2D eigenvalue weighted by Gasteiger charge is 2.14. The van der Waals surface area contributed by atoms with E-state index in [9.17, 15) is 9.18 Å². The molecule has 0 heterocycles. The molecule has 0 fully saturated rings. The first-order valence-corrected chi connectivity index (χ1v) is 7.67. The number of anilines is 2. The van der Waals surface area contributed by atoms with Gasteiger partial charge in [0.1, 0.15) is 11.9 Å². The Kier molecular flexibility index (Phi) is 6.01. The summed E-state index contributed by atoms with van der Waals surface area (Å²) in [5, 5.41) is 5.82. The van der Waals surface area contributed by atoms with Crippen molar-refractivity contribution in [3.63, 3.8) is 0 Å². The Morgan fingerprint density at radius 2 is 1.79 bits per heavy atom. The minimum Gasteiger partial charge on any atom is -0.493 e. The van der Waals surface area contributed by atoms with Gasteiger partial charge in [-0.1, -0.05) is 0 Å². The lowest BCUT2D eigenvalue weighted by Gasteiger charge is -2.17. The highest BCUT2D eigenvalue weighted by molar-refractivity contribution is 5.96. The summed E-state index contributed by atoms with van der Waals surface area (Å²) in [5.41, 5.74) is 1.27. The van der Waals surface area contributed by atoms with Gasteiger partial charge in [0.05, 0.1) is 13.7 Å². The van der Waals surface area contributed by atoms with Gasteiger partial charge in [-0.3, -0.25) is 4.79 Å². The van der Waals surface area contributed by atoms with Crippen LogP contribution in [0.4, 0.5) is 15.8 Å². The maximum absolute atomic E-state index is 12.9. The zero-order chi connectivity index (χ0) is 17.5. The molecule has 0 aliphatic rings. The third kappa shape index (κ3) is 4.62. The lowest BCUT2D eigenvalue weighted by atomic mass is 10.2. The van der Waals surface area contributed by atoms with E-state index in [0.29, 0.717) is 23.8 Å². The van der Waals surface area contributed by atoms with Crippen molar-refractivity contribution in [2.24, 2.45) is 0 Å². The van der Waals surface area contributed by atoms with Crippen LogP contribution in [0.15, 0.2) is 42.5 Å². The molecule has 2 aromatic rings. The molecule has 0 radical (unpaired) electrons. The summed E-state index contributed by atoms with van der Waals surface area (Å²) in [6, 6.07) is 10.5. The topological polar surface area (TPSA) is 59.6 Å². The van der Waals surface area contributed by atoms with Crippen molar-refractivity contribution in [3.05, 3.63) is 48.3 Å². The Labute approximate surface area is 140 Å². The third-order valence-corrected chi connectivity index (χ3v) is 3.35. The fourth-order valence-corrected chi connectivity index (χ4v) is 2.13. The smallest absolute Gasteiger partial charge is 0.246 e. The highest BCUT2D eigenvalue weighted by Crippen LogP contribution is 2.30. The average molecular weight is 332 g/mol. The molecule has 0 aromatic heterocycles. The number of rotatable bonds is 7. The second-order valence-corrected chi connectivity index (χ2v) is 5.16. The van der Waals surface area contributed by atoms with Gasteiger partial charge in [0.25, 0.3) is 0 Å². The predicted octanol–water partition coefficient (Wildman–Crippen LogP) is 3.67. The monoisotopic (exact) mass is 332 g/mol. The van der Waals surface area contributed by atoms with E-state index < -0.39 is 6.04 Å². The number of halogens is 1. The van der Waals surface area contributed by atoms with Crippen LogP contribution in [0.1, 0.15) is 13.8 Å². The molecule has 2 aromatic carbocycles. The third-order valence-electron chi connectivity index (χ3n) is 3.35. The van der Waals surface area contributed by atoms with Crippen molar-refractivity contribution in [1.82, 2.24) is 0 Å². The zero-order valence-electron chi connectivity index (χ0n) is 13.9. The van der Waals surface area contributed by atoms with Crippen LogP contribution in [-0.4, -0.2) is 25.7 Å². The minimum atomic E-state index is -0.488. The average Bonchev–Trinajstić information content (AvgIpc) is 2.58. The van der Waals surface area contributed by atoms with Crippen LogP contribution in [0.3, 0.4) is 0 Å². The van der Waals surface area contributed by atoms with E-state index in [2.05, 4.69) is 10.6 Å². The Morgan fingerprint density at radius 1 is 1.12 bits per heavy atom. The van der Waals surface area contributed by atoms with Crippen LogP contribution in [0.2, 0.25) is 0 Å². The zero-order valence-corrected chi connectivity index (χ0v) is 13.9. The standard InChI is InChI=1S/C18H21FN2O3/c1-4-24-16-10-9-15(11-17(16)23-3)20-12(2)18(22)21-14-7-5-13(19)6-8-14/h5-12,20H,4H2,1-3H3,(H,21,22)/t12-/m1/s1. The second-order valence-electron chi connectivity index (χ2n) is 5.16. The van der Waals surface area contributed by atoms with Crippen molar-refractivity contribution in [2.45, 2.75) is 19.9 Å². The summed E-state index contributed by atoms with van der Waals surface area (Å²) in [5.74, 6) is 0.664. The predicted molar refractivity (Wildman–Crippen MR) is 92.3 cm³/mol.